The van der Waals surface area contributed by atoms with Crippen LogP contribution in [0.4, 0.5) is 5.69 Å². The van der Waals surface area contributed by atoms with Crippen molar-refractivity contribution in [2.75, 3.05) is 25.1 Å². The summed E-state index contributed by atoms with van der Waals surface area (Å²) >= 11 is 0. The molecule has 0 radical (unpaired) electrons. The maximum atomic E-state index is 5.51. The van der Waals surface area contributed by atoms with Crippen molar-refractivity contribution in [2.45, 2.75) is 45.7 Å². The lowest BCUT2D eigenvalue weighted by Gasteiger charge is -2.36. The Morgan fingerprint density at radius 2 is 1.88 bits per heavy atom. The van der Waals surface area contributed by atoms with E-state index in [1.807, 2.05) is 23.9 Å². The highest BCUT2D eigenvalue weighted by Gasteiger charge is 2.24. The Bertz CT molecular complexity index is 716. The van der Waals surface area contributed by atoms with E-state index in [1.165, 1.54) is 16.9 Å². The van der Waals surface area contributed by atoms with Crippen LogP contribution in [0.3, 0.4) is 0 Å². The quantitative estimate of drug-likeness (QED) is 0.905. The largest absolute Gasteiger partial charge is 0.495 e. The fraction of sp³-hybridized carbons (Fsp3) is 0.550. The number of hydrogen-bond acceptors (Lipinski definition) is 4. The Morgan fingerprint density at radius 3 is 2.48 bits per heavy atom. The average molecular weight is 342 g/mol. The SMILES string of the molecule is COc1ccccc1N1CCC(N[C@H](C)c2c(C)nn(C)c2C)CC1. The van der Waals surface area contributed by atoms with Gasteiger partial charge in [-0.15, -0.1) is 0 Å². The molecule has 136 valence electrons. The fourth-order valence-electron chi connectivity index (χ4n) is 4.03. The maximum absolute atomic E-state index is 5.51. The molecule has 0 bridgehead atoms. The molecule has 1 atom stereocenters. The number of methoxy groups -OCH3 is 1. The zero-order valence-corrected chi connectivity index (χ0v) is 16.0. The van der Waals surface area contributed by atoms with Gasteiger partial charge in [-0.1, -0.05) is 12.1 Å². The number of aromatic nitrogens is 2. The van der Waals surface area contributed by atoms with Crippen LogP contribution >= 0.6 is 0 Å². The van der Waals surface area contributed by atoms with Gasteiger partial charge in [0.1, 0.15) is 5.75 Å². The van der Waals surface area contributed by atoms with Crippen LogP contribution in [-0.2, 0) is 7.05 Å². The van der Waals surface area contributed by atoms with Crippen molar-refractivity contribution in [3.8, 4) is 5.75 Å². The molecule has 1 aliphatic rings. The van der Waals surface area contributed by atoms with Crippen LogP contribution in [0.1, 0.15) is 42.8 Å². The van der Waals surface area contributed by atoms with Crippen molar-refractivity contribution in [1.82, 2.24) is 15.1 Å². The number of nitrogens with one attached hydrogen (secondary N) is 1. The molecule has 0 unspecified atom stereocenters. The van der Waals surface area contributed by atoms with E-state index in [1.54, 1.807) is 7.11 Å². The second kappa shape index (κ2) is 7.48. The molecule has 5 heteroatoms. The summed E-state index contributed by atoms with van der Waals surface area (Å²) in [4.78, 5) is 2.43. The van der Waals surface area contributed by atoms with E-state index in [9.17, 15) is 0 Å². The summed E-state index contributed by atoms with van der Waals surface area (Å²) in [5.41, 5.74) is 4.93. The Hall–Kier alpha value is -2.01. The summed E-state index contributed by atoms with van der Waals surface area (Å²) in [5, 5.41) is 8.37. The molecule has 1 aromatic carbocycles. The molecule has 25 heavy (non-hydrogen) atoms. The molecule has 3 rings (SSSR count). The van der Waals surface area contributed by atoms with Crippen LogP contribution < -0.4 is 15.0 Å². The first-order valence-corrected chi connectivity index (χ1v) is 9.15. The number of benzene rings is 1. The van der Waals surface area contributed by atoms with Gasteiger partial charge in [0.15, 0.2) is 0 Å². The van der Waals surface area contributed by atoms with Gasteiger partial charge in [0.2, 0.25) is 0 Å². The first-order valence-electron chi connectivity index (χ1n) is 9.15. The Morgan fingerprint density at radius 1 is 1.20 bits per heavy atom. The summed E-state index contributed by atoms with van der Waals surface area (Å²) in [5.74, 6) is 0.962. The molecule has 0 amide bonds. The van der Waals surface area contributed by atoms with E-state index in [4.69, 9.17) is 4.74 Å². The number of anilines is 1. The number of aryl methyl sites for hydroxylation is 2. The van der Waals surface area contributed by atoms with Crippen LogP contribution in [0.5, 0.6) is 5.75 Å². The number of piperidine rings is 1. The zero-order chi connectivity index (χ0) is 18.0. The zero-order valence-electron chi connectivity index (χ0n) is 16.0. The third kappa shape index (κ3) is 3.66. The summed E-state index contributed by atoms with van der Waals surface area (Å²) in [6.45, 7) is 8.61. The number of ether oxygens (including phenoxy) is 1. The van der Waals surface area contributed by atoms with Crippen LogP contribution in [0.25, 0.3) is 0 Å². The third-order valence-corrected chi connectivity index (χ3v) is 5.40. The Labute approximate surface area is 151 Å². The molecular formula is C20H30N4O. The highest BCUT2D eigenvalue weighted by atomic mass is 16.5. The summed E-state index contributed by atoms with van der Waals surface area (Å²) < 4.78 is 7.49. The van der Waals surface area contributed by atoms with Gasteiger partial charge in [-0.25, -0.2) is 0 Å². The van der Waals surface area contributed by atoms with Gasteiger partial charge in [-0.05, 0) is 45.7 Å². The molecular weight excluding hydrogens is 312 g/mol. The van der Waals surface area contributed by atoms with Crippen molar-refractivity contribution in [3.63, 3.8) is 0 Å². The summed E-state index contributed by atoms with van der Waals surface area (Å²) in [6, 6.07) is 9.17. The minimum absolute atomic E-state index is 0.330. The fourth-order valence-corrected chi connectivity index (χ4v) is 4.03. The number of para-hydroxylation sites is 2. The lowest BCUT2D eigenvalue weighted by Crippen LogP contribution is -2.43. The van der Waals surface area contributed by atoms with Gasteiger partial charge >= 0.3 is 0 Å². The summed E-state index contributed by atoms with van der Waals surface area (Å²) in [6.07, 6.45) is 2.28. The highest BCUT2D eigenvalue weighted by molar-refractivity contribution is 5.58. The van der Waals surface area contributed by atoms with Crippen molar-refractivity contribution in [3.05, 3.63) is 41.2 Å². The summed E-state index contributed by atoms with van der Waals surface area (Å²) in [7, 11) is 3.76. The lowest BCUT2D eigenvalue weighted by molar-refractivity contribution is 0.374. The predicted molar refractivity (Wildman–Crippen MR) is 102 cm³/mol. The Balaban J connectivity index is 1.61. The van der Waals surface area contributed by atoms with Crippen LogP contribution in [0.15, 0.2) is 24.3 Å². The van der Waals surface area contributed by atoms with Gasteiger partial charge in [0.25, 0.3) is 0 Å². The second-order valence-electron chi connectivity index (χ2n) is 7.03. The molecule has 1 aromatic heterocycles. The van der Waals surface area contributed by atoms with Crippen molar-refractivity contribution in [1.29, 1.82) is 0 Å². The standard InChI is InChI=1S/C20H30N4O/c1-14(20-15(2)22-23(4)16(20)3)21-17-10-12-24(13-11-17)18-8-6-7-9-19(18)25-5/h6-9,14,17,21H,10-13H2,1-5H3/t14-/m1/s1. The predicted octanol–water partition coefficient (Wildman–Crippen LogP) is 3.37. The van der Waals surface area contributed by atoms with Crippen LogP contribution in [0, 0.1) is 13.8 Å². The first kappa shape index (κ1) is 17.8. The normalized spacial score (nSPS) is 16.9. The highest BCUT2D eigenvalue weighted by Crippen LogP contribution is 2.30. The first-order chi connectivity index (χ1) is 12.0. The van der Waals surface area contributed by atoms with Crippen molar-refractivity contribution < 1.29 is 4.74 Å². The second-order valence-corrected chi connectivity index (χ2v) is 7.03. The van der Waals surface area contributed by atoms with Crippen LogP contribution in [0.2, 0.25) is 0 Å². The molecule has 5 nitrogen and oxygen atoms in total. The van der Waals surface area contributed by atoms with Gasteiger partial charge in [0.05, 0.1) is 18.5 Å². The molecule has 0 saturated carbocycles. The number of rotatable bonds is 5. The van der Waals surface area contributed by atoms with Gasteiger partial charge < -0.3 is 15.0 Å². The van der Waals surface area contributed by atoms with E-state index < -0.39 is 0 Å². The topological polar surface area (TPSA) is 42.3 Å². The van der Waals surface area contributed by atoms with E-state index in [2.05, 4.69) is 48.2 Å². The molecule has 1 fully saturated rings. The number of nitrogens with zero attached hydrogens (tertiary/aromatic N) is 3. The van der Waals surface area contributed by atoms with E-state index in [0.29, 0.717) is 12.1 Å². The third-order valence-electron chi connectivity index (χ3n) is 5.40. The monoisotopic (exact) mass is 342 g/mol. The van der Waals surface area contributed by atoms with Crippen molar-refractivity contribution >= 4 is 5.69 Å². The molecule has 1 N–H and O–H groups in total. The van der Waals surface area contributed by atoms with E-state index >= 15 is 0 Å². The van der Waals surface area contributed by atoms with Gasteiger partial charge in [-0.2, -0.15) is 5.10 Å². The van der Waals surface area contributed by atoms with Gasteiger partial charge in [-0.3, -0.25) is 4.68 Å². The van der Waals surface area contributed by atoms with E-state index in [-0.39, 0.29) is 0 Å². The van der Waals surface area contributed by atoms with Crippen molar-refractivity contribution in [2.24, 2.45) is 7.05 Å². The van der Waals surface area contributed by atoms with Gasteiger partial charge in [0, 0.05) is 43.5 Å². The maximum Gasteiger partial charge on any atom is 0.142 e. The minimum Gasteiger partial charge on any atom is -0.495 e. The van der Waals surface area contributed by atoms with Crippen LogP contribution in [-0.4, -0.2) is 36.0 Å². The average Bonchev–Trinajstić information content (AvgIpc) is 2.87. The molecule has 2 aromatic rings. The molecule has 0 spiro atoms. The molecule has 1 aliphatic heterocycles. The molecule has 0 aliphatic carbocycles. The lowest BCUT2D eigenvalue weighted by atomic mass is 10.00. The number of hydrogen-bond donors (Lipinski definition) is 1. The molecule has 2 heterocycles. The smallest absolute Gasteiger partial charge is 0.142 e. The minimum atomic E-state index is 0.330. The molecule has 1 saturated heterocycles. The Kier molecular flexibility index (Phi) is 5.33. The van der Waals surface area contributed by atoms with E-state index in [0.717, 1.165) is 37.4 Å².